The Balaban J connectivity index is 2.70. The Morgan fingerprint density at radius 2 is 2.00 bits per heavy atom. The predicted molar refractivity (Wildman–Crippen MR) is 61.4 cm³/mol. The van der Waals surface area contributed by atoms with Crippen LogP contribution in [0.4, 0.5) is 5.82 Å². The molecule has 2 aromatic heterocycles. The number of hydrogen-bond acceptors (Lipinski definition) is 3. The molecule has 4 nitrogen and oxygen atoms in total. The van der Waals surface area contributed by atoms with Gasteiger partial charge in [-0.25, -0.2) is 9.97 Å². The molecule has 15 heavy (non-hydrogen) atoms. The van der Waals surface area contributed by atoms with Gasteiger partial charge in [0.25, 0.3) is 0 Å². The first-order chi connectivity index (χ1) is 7.11. The first-order valence-electron chi connectivity index (χ1n) is 5.16. The fraction of sp³-hybridized carbons (Fsp3) is 0.455. The van der Waals surface area contributed by atoms with Gasteiger partial charge in [0.2, 0.25) is 0 Å². The van der Waals surface area contributed by atoms with Crippen molar-refractivity contribution in [3.63, 3.8) is 0 Å². The van der Waals surface area contributed by atoms with Crippen molar-refractivity contribution in [2.45, 2.75) is 26.7 Å². The van der Waals surface area contributed by atoms with E-state index in [0.29, 0.717) is 5.92 Å². The van der Waals surface area contributed by atoms with Gasteiger partial charge in [-0.05, 0) is 12.8 Å². The first-order valence-corrected chi connectivity index (χ1v) is 5.16. The van der Waals surface area contributed by atoms with Gasteiger partial charge in [-0.3, -0.25) is 0 Å². The fourth-order valence-electron chi connectivity index (χ4n) is 1.59. The minimum Gasteiger partial charge on any atom is -0.370 e. The van der Waals surface area contributed by atoms with E-state index in [2.05, 4.69) is 29.1 Å². The molecule has 0 aliphatic carbocycles. The van der Waals surface area contributed by atoms with Gasteiger partial charge < -0.3 is 9.72 Å². The summed E-state index contributed by atoms with van der Waals surface area (Å²) in [7, 11) is 1.87. The Labute approximate surface area is 89.4 Å². The van der Waals surface area contributed by atoms with E-state index in [1.54, 1.807) is 0 Å². The van der Waals surface area contributed by atoms with Gasteiger partial charge in [0.1, 0.15) is 0 Å². The molecule has 0 unspecified atom stereocenters. The minimum absolute atomic E-state index is 0.421. The van der Waals surface area contributed by atoms with Crippen molar-refractivity contribution in [2.24, 2.45) is 0 Å². The lowest BCUT2D eigenvalue weighted by Crippen LogP contribution is -2.02. The third-order valence-electron chi connectivity index (χ3n) is 2.41. The summed E-state index contributed by atoms with van der Waals surface area (Å²) in [6.45, 7) is 6.26. The lowest BCUT2D eigenvalue weighted by atomic mass is 10.1. The van der Waals surface area contributed by atoms with E-state index in [-0.39, 0.29) is 0 Å². The highest BCUT2D eigenvalue weighted by atomic mass is 15.1. The topological polar surface area (TPSA) is 42.2 Å². The third-order valence-corrected chi connectivity index (χ3v) is 2.41. The summed E-state index contributed by atoms with van der Waals surface area (Å²) in [5.74, 6) is 1.26. The Hall–Kier alpha value is -1.58. The minimum atomic E-state index is 0.421. The van der Waals surface area contributed by atoms with Crippen LogP contribution in [-0.2, 0) is 0 Å². The molecule has 0 atom stereocenters. The normalized spacial score (nSPS) is 11.3. The molecular formula is C11H16N4. The summed E-state index contributed by atoms with van der Waals surface area (Å²) in [4.78, 5) is 8.96. The van der Waals surface area contributed by atoms with E-state index in [1.165, 1.54) is 0 Å². The molecule has 1 N–H and O–H groups in total. The molecule has 0 spiro atoms. The lowest BCUT2D eigenvalue weighted by Gasteiger charge is -2.08. The van der Waals surface area contributed by atoms with Gasteiger partial charge in [-0.15, -0.1) is 0 Å². The number of nitrogens with zero attached hydrogens (tertiary/aromatic N) is 3. The Morgan fingerprint density at radius 3 is 2.60 bits per heavy atom. The molecule has 0 aliphatic heterocycles. The zero-order chi connectivity index (χ0) is 11.0. The number of imidazole rings is 1. The highest BCUT2D eigenvalue weighted by Crippen LogP contribution is 2.19. The summed E-state index contributed by atoms with van der Waals surface area (Å²) >= 11 is 0. The van der Waals surface area contributed by atoms with Crippen molar-refractivity contribution in [3.8, 4) is 0 Å². The summed E-state index contributed by atoms with van der Waals surface area (Å²) in [5, 5.41) is 3.08. The van der Waals surface area contributed by atoms with Gasteiger partial charge in [-0.2, -0.15) is 0 Å². The number of nitrogens with one attached hydrogen (secondary N) is 1. The van der Waals surface area contributed by atoms with Crippen LogP contribution in [0.2, 0.25) is 0 Å². The van der Waals surface area contributed by atoms with Crippen molar-refractivity contribution in [1.82, 2.24) is 14.4 Å². The third kappa shape index (κ3) is 1.67. The molecule has 0 bridgehead atoms. The molecule has 2 rings (SSSR count). The number of hydrogen-bond donors (Lipinski definition) is 1. The highest BCUT2D eigenvalue weighted by Gasteiger charge is 2.09. The predicted octanol–water partition coefficient (Wildman–Crippen LogP) is 2.20. The summed E-state index contributed by atoms with van der Waals surface area (Å²) in [5.41, 5.74) is 2.97. The summed E-state index contributed by atoms with van der Waals surface area (Å²) in [6.07, 6.45) is 4.06. The summed E-state index contributed by atoms with van der Waals surface area (Å²) in [6, 6.07) is 0. The van der Waals surface area contributed by atoms with E-state index in [1.807, 2.05) is 30.8 Å². The molecule has 80 valence electrons. The standard InChI is InChI=1S/C11H16N4/c1-7(2)9-6-15-5-8(3)13-11(15)10(12-4)14-9/h5-7H,1-4H3,(H,12,14). The molecule has 4 heteroatoms. The zero-order valence-corrected chi connectivity index (χ0v) is 9.57. The van der Waals surface area contributed by atoms with E-state index in [9.17, 15) is 0 Å². The monoisotopic (exact) mass is 204 g/mol. The second kappa shape index (κ2) is 3.53. The van der Waals surface area contributed by atoms with Crippen molar-refractivity contribution in [3.05, 3.63) is 23.8 Å². The van der Waals surface area contributed by atoms with Crippen LogP contribution in [0.1, 0.15) is 31.2 Å². The van der Waals surface area contributed by atoms with E-state index < -0.39 is 0 Å². The molecule has 0 aliphatic rings. The van der Waals surface area contributed by atoms with Gasteiger partial charge in [0.15, 0.2) is 11.5 Å². The summed E-state index contributed by atoms with van der Waals surface area (Å²) < 4.78 is 2.03. The maximum Gasteiger partial charge on any atom is 0.180 e. The lowest BCUT2D eigenvalue weighted by molar-refractivity contribution is 0.809. The molecule has 0 aromatic carbocycles. The molecule has 0 saturated carbocycles. The highest BCUT2D eigenvalue weighted by molar-refractivity contribution is 5.63. The fourth-order valence-corrected chi connectivity index (χ4v) is 1.59. The van der Waals surface area contributed by atoms with Crippen LogP contribution in [0.25, 0.3) is 5.65 Å². The van der Waals surface area contributed by atoms with Gasteiger partial charge in [-0.1, -0.05) is 13.8 Å². The Bertz CT molecular complexity index is 485. The van der Waals surface area contributed by atoms with Gasteiger partial charge >= 0.3 is 0 Å². The second-order valence-corrected chi connectivity index (χ2v) is 4.03. The Kier molecular flexibility index (Phi) is 2.34. The Morgan fingerprint density at radius 1 is 1.27 bits per heavy atom. The number of rotatable bonds is 2. The maximum absolute atomic E-state index is 4.54. The van der Waals surface area contributed by atoms with Gasteiger partial charge in [0, 0.05) is 19.4 Å². The van der Waals surface area contributed by atoms with Crippen LogP contribution in [0.5, 0.6) is 0 Å². The van der Waals surface area contributed by atoms with Crippen LogP contribution >= 0.6 is 0 Å². The number of aryl methyl sites for hydroxylation is 1. The SMILES string of the molecule is CNc1nc(C(C)C)cn2cc(C)nc12. The average molecular weight is 204 g/mol. The van der Waals surface area contributed by atoms with Crippen LogP contribution in [-0.4, -0.2) is 21.4 Å². The van der Waals surface area contributed by atoms with Crippen LogP contribution in [0.3, 0.4) is 0 Å². The molecule has 0 fully saturated rings. The first kappa shape index (κ1) is 9.96. The van der Waals surface area contributed by atoms with E-state index in [0.717, 1.165) is 22.9 Å². The van der Waals surface area contributed by atoms with Crippen molar-refractivity contribution >= 4 is 11.5 Å². The average Bonchev–Trinajstić information content (AvgIpc) is 2.56. The molecule has 0 radical (unpaired) electrons. The molecule has 2 aromatic rings. The van der Waals surface area contributed by atoms with Crippen molar-refractivity contribution in [1.29, 1.82) is 0 Å². The van der Waals surface area contributed by atoms with Crippen LogP contribution < -0.4 is 5.32 Å². The van der Waals surface area contributed by atoms with Crippen molar-refractivity contribution < 1.29 is 0 Å². The maximum atomic E-state index is 4.54. The molecule has 0 saturated heterocycles. The molecular weight excluding hydrogens is 188 g/mol. The van der Waals surface area contributed by atoms with Crippen LogP contribution in [0, 0.1) is 6.92 Å². The van der Waals surface area contributed by atoms with Crippen LogP contribution in [0.15, 0.2) is 12.4 Å². The quantitative estimate of drug-likeness (QED) is 0.815. The van der Waals surface area contributed by atoms with Gasteiger partial charge in [0.05, 0.1) is 11.4 Å². The molecule has 2 heterocycles. The number of fused-ring (bicyclic) bond motifs is 1. The number of anilines is 1. The molecule has 0 amide bonds. The van der Waals surface area contributed by atoms with Crippen molar-refractivity contribution in [2.75, 3.05) is 12.4 Å². The smallest absolute Gasteiger partial charge is 0.180 e. The van der Waals surface area contributed by atoms with E-state index in [4.69, 9.17) is 0 Å². The largest absolute Gasteiger partial charge is 0.370 e. The zero-order valence-electron chi connectivity index (χ0n) is 9.57. The second-order valence-electron chi connectivity index (χ2n) is 4.03. The number of aromatic nitrogens is 3. The van der Waals surface area contributed by atoms with E-state index >= 15 is 0 Å².